The molecule has 1 atom stereocenters. The fraction of sp³-hybridized carbons (Fsp3) is 0.250. The Balaban J connectivity index is 2.25. The Morgan fingerprint density at radius 2 is 1.90 bits per heavy atom. The van der Waals surface area contributed by atoms with Crippen LogP contribution in [0.5, 0.6) is 0 Å². The normalized spacial score (nSPS) is 12.7. The first-order chi connectivity index (χ1) is 10.0. The third-order valence-corrected chi connectivity index (χ3v) is 4.05. The van der Waals surface area contributed by atoms with Crippen LogP contribution in [0.25, 0.3) is 0 Å². The van der Waals surface area contributed by atoms with E-state index in [1.54, 1.807) is 6.07 Å². The van der Waals surface area contributed by atoms with E-state index in [-0.39, 0.29) is 18.4 Å². The number of halogens is 3. The molecule has 2 aromatic carbocycles. The maximum absolute atomic E-state index is 14.0. The van der Waals surface area contributed by atoms with Crippen molar-refractivity contribution in [2.75, 3.05) is 13.6 Å². The van der Waals surface area contributed by atoms with Gasteiger partial charge in [0.1, 0.15) is 5.82 Å². The summed E-state index contributed by atoms with van der Waals surface area (Å²) in [5.74, 6) is -0.305. The lowest BCUT2D eigenvalue weighted by Crippen LogP contribution is -2.31. The molecule has 0 saturated heterocycles. The second kappa shape index (κ2) is 7.23. The van der Waals surface area contributed by atoms with Crippen LogP contribution >= 0.6 is 23.2 Å². The Labute approximate surface area is 134 Å². The molecule has 0 aliphatic heterocycles. The summed E-state index contributed by atoms with van der Waals surface area (Å²) in [6.45, 7) is 0.867. The number of nitrogens with two attached hydrogens (primary N) is 1. The van der Waals surface area contributed by atoms with Crippen LogP contribution < -0.4 is 5.73 Å². The largest absolute Gasteiger partial charge is 0.329 e. The summed E-state index contributed by atoms with van der Waals surface area (Å²) < 4.78 is 14.0. The molecule has 2 rings (SSSR count). The predicted molar refractivity (Wildman–Crippen MR) is 86.1 cm³/mol. The summed E-state index contributed by atoms with van der Waals surface area (Å²) in [5, 5.41) is 1.18. The van der Waals surface area contributed by atoms with Gasteiger partial charge in [0, 0.05) is 34.7 Å². The van der Waals surface area contributed by atoms with Crippen LogP contribution in [-0.2, 0) is 6.54 Å². The van der Waals surface area contributed by atoms with Gasteiger partial charge in [-0.05, 0) is 36.9 Å². The Kier molecular flexibility index (Phi) is 5.59. The van der Waals surface area contributed by atoms with E-state index in [0.29, 0.717) is 22.2 Å². The Hall–Kier alpha value is -1.13. The van der Waals surface area contributed by atoms with Crippen molar-refractivity contribution in [1.82, 2.24) is 4.90 Å². The molecule has 0 fully saturated rings. The monoisotopic (exact) mass is 326 g/mol. The molecule has 0 heterocycles. The number of rotatable bonds is 5. The van der Waals surface area contributed by atoms with Gasteiger partial charge in [0.05, 0.1) is 0 Å². The molecule has 2 nitrogen and oxygen atoms in total. The van der Waals surface area contributed by atoms with E-state index in [9.17, 15) is 4.39 Å². The molecular formula is C16H17Cl2FN2. The Morgan fingerprint density at radius 1 is 1.19 bits per heavy atom. The molecule has 0 aromatic heterocycles. The van der Waals surface area contributed by atoms with Gasteiger partial charge in [-0.25, -0.2) is 4.39 Å². The summed E-state index contributed by atoms with van der Waals surface area (Å²) >= 11 is 12.1. The van der Waals surface area contributed by atoms with Crippen LogP contribution in [0.3, 0.4) is 0 Å². The van der Waals surface area contributed by atoms with Gasteiger partial charge in [-0.15, -0.1) is 0 Å². The zero-order valence-electron chi connectivity index (χ0n) is 11.7. The minimum atomic E-state index is -0.305. The minimum Gasteiger partial charge on any atom is -0.329 e. The molecule has 5 heteroatoms. The van der Waals surface area contributed by atoms with E-state index in [1.807, 2.05) is 36.2 Å². The molecular weight excluding hydrogens is 310 g/mol. The Bertz CT molecular complexity index is 619. The SMILES string of the molecule is CN(Cc1ccccc1Cl)C(CN)c1cc(Cl)ccc1F. The molecule has 0 spiro atoms. The maximum Gasteiger partial charge on any atom is 0.128 e. The van der Waals surface area contributed by atoms with Crippen molar-refractivity contribution in [3.63, 3.8) is 0 Å². The fourth-order valence-corrected chi connectivity index (χ4v) is 2.70. The predicted octanol–water partition coefficient (Wildman–Crippen LogP) is 4.26. The van der Waals surface area contributed by atoms with Crippen molar-refractivity contribution < 1.29 is 4.39 Å². The third-order valence-electron chi connectivity index (χ3n) is 3.45. The van der Waals surface area contributed by atoms with E-state index >= 15 is 0 Å². The molecule has 0 amide bonds. The topological polar surface area (TPSA) is 29.3 Å². The van der Waals surface area contributed by atoms with E-state index in [1.165, 1.54) is 12.1 Å². The highest BCUT2D eigenvalue weighted by molar-refractivity contribution is 6.31. The molecule has 0 radical (unpaired) electrons. The summed E-state index contributed by atoms with van der Waals surface area (Å²) in [7, 11) is 1.89. The van der Waals surface area contributed by atoms with Gasteiger partial charge in [-0.3, -0.25) is 4.90 Å². The zero-order valence-corrected chi connectivity index (χ0v) is 13.2. The van der Waals surface area contributed by atoms with Crippen LogP contribution in [0.4, 0.5) is 4.39 Å². The van der Waals surface area contributed by atoms with Crippen molar-refractivity contribution in [2.45, 2.75) is 12.6 Å². The van der Waals surface area contributed by atoms with Crippen molar-refractivity contribution in [2.24, 2.45) is 5.73 Å². The standard InChI is InChI=1S/C16H17Cl2FN2/c1-21(10-11-4-2-3-5-14(11)18)16(9-20)13-8-12(17)6-7-15(13)19/h2-8,16H,9-10,20H2,1H3. The van der Waals surface area contributed by atoms with Gasteiger partial charge in [0.15, 0.2) is 0 Å². The van der Waals surface area contributed by atoms with Gasteiger partial charge in [-0.1, -0.05) is 41.4 Å². The van der Waals surface area contributed by atoms with E-state index in [0.717, 1.165) is 5.56 Å². The smallest absolute Gasteiger partial charge is 0.128 e. The zero-order chi connectivity index (χ0) is 15.4. The average molecular weight is 327 g/mol. The molecule has 0 bridgehead atoms. The van der Waals surface area contributed by atoms with Crippen LogP contribution in [0.1, 0.15) is 17.2 Å². The quantitative estimate of drug-likeness (QED) is 0.889. The van der Waals surface area contributed by atoms with Gasteiger partial charge >= 0.3 is 0 Å². The molecule has 112 valence electrons. The number of benzene rings is 2. The summed E-state index contributed by atoms with van der Waals surface area (Å²) in [6.07, 6.45) is 0. The number of nitrogens with zero attached hydrogens (tertiary/aromatic N) is 1. The number of hydrogen-bond donors (Lipinski definition) is 1. The van der Waals surface area contributed by atoms with Crippen molar-refractivity contribution in [1.29, 1.82) is 0 Å². The van der Waals surface area contributed by atoms with E-state index < -0.39 is 0 Å². The van der Waals surface area contributed by atoms with Gasteiger partial charge in [0.2, 0.25) is 0 Å². The maximum atomic E-state index is 14.0. The summed E-state index contributed by atoms with van der Waals surface area (Å²) in [6, 6.07) is 11.8. The highest BCUT2D eigenvalue weighted by atomic mass is 35.5. The van der Waals surface area contributed by atoms with E-state index in [2.05, 4.69) is 0 Å². The van der Waals surface area contributed by atoms with Crippen molar-refractivity contribution >= 4 is 23.2 Å². The lowest BCUT2D eigenvalue weighted by molar-refractivity contribution is 0.237. The van der Waals surface area contributed by atoms with Gasteiger partial charge in [0.25, 0.3) is 0 Å². The van der Waals surface area contributed by atoms with Crippen LogP contribution in [0, 0.1) is 5.82 Å². The number of likely N-dealkylation sites (N-methyl/N-ethyl adjacent to an activating group) is 1. The van der Waals surface area contributed by atoms with E-state index in [4.69, 9.17) is 28.9 Å². The Morgan fingerprint density at radius 3 is 2.57 bits per heavy atom. The van der Waals surface area contributed by atoms with Crippen LogP contribution in [0.15, 0.2) is 42.5 Å². The lowest BCUT2D eigenvalue weighted by Gasteiger charge is -2.28. The van der Waals surface area contributed by atoms with Gasteiger partial charge < -0.3 is 5.73 Å². The average Bonchev–Trinajstić information content (AvgIpc) is 2.46. The third kappa shape index (κ3) is 3.95. The second-order valence-electron chi connectivity index (χ2n) is 4.92. The first-order valence-corrected chi connectivity index (χ1v) is 7.37. The molecule has 2 N–H and O–H groups in total. The second-order valence-corrected chi connectivity index (χ2v) is 5.77. The highest BCUT2D eigenvalue weighted by Gasteiger charge is 2.20. The molecule has 21 heavy (non-hydrogen) atoms. The van der Waals surface area contributed by atoms with Crippen molar-refractivity contribution in [3.8, 4) is 0 Å². The van der Waals surface area contributed by atoms with Gasteiger partial charge in [-0.2, -0.15) is 0 Å². The summed E-state index contributed by atoms with van der Waals surface area (Å²) in [4.78, 5) is 1.97. The number of hydrogen-bond acceptors (Lipinski definition) is 2. The first-order valence-electron chi connectivity index (χ1n) is 6.61. The molecule has 0 saturated carbocycles. The highest BCUT2D eigenvalue weighted by Crippen LogP contribution is 2.27. The first kappa shape index (κ1) is 16.2. The minimum absolute atomic E-state index is 0.264. The lowest BCUT2D eigenvalue weighted by atomic mass is 10.0. The molecule has 0 aliphatic carbocycles. The fourth-order valence-electron chi connectivity index (χ4n) is 2.32. The van der Waals surface area contributed by atoms with Crippen molar-refractivity contribution in [3.05, 3.63) is 69.5 Å². The molecule has 0 aliphatic rings. The summed E-state index contributed by atoms with van der Waals surface area (Å²) in [5.41, 5.74) is 7.31. The van der Waals surface area contributed by atoms with Crippen LogP contribution in [0.2, 0.25) is 10.0 Å². The van der Waals surface area contributed by atoms with Crippen LogP contribution in [-0.4, -0.2) is 18.5 Å². The molecule has 2 aromatic rings. The molecule has 1 unspecified atom stereocenters.